The van der Waals surface area contributed by atoms with Gasteiger partial charge in [-0.25, -0.2) is 19.6 Å². The van der Waals surface area contributed by atoms with Gasteiger partial charge >= 0.3 is 0 Å². The Balaban J connectivity index is 1.19. The lowest BCUT2D eigenvalue weighted by molar-refractivity contribution is 0.113. The highest BCUT2D eigenvalue weighted by Gasteiger charge is 2.37. The summed E-state index contributed by atoms with van der Waals surface area (Å²) in [6, 6.07) is 7.30. The van der Waals surface area contributed by atoms with E-state index in [1.54, 1.807) is 29.3 Å². The van der Waals surface area contributed by atoms with Gasteiger partial charge in [0, 0.05) is 48.1 Å². The van der Waals surface area contributed by atoms with Gasteiger partial charge in [0.15, 0.2) is 11.3 Å². The number of anilines is 1. The van der Waals surface area contributed by atoms with E-state index < -0.39 is 0 Å². The van der Waals surface area contributed by atoms with E-state index in [-0.39, 0.29) is 11.7 Å². The zero-order valence-corrected chi connectivity index (χ0v) is 22.0. The molecule has 190 valence electrons. The average molecular weight is 536 g/mol. The van der Waals surface area contributed by atoms with Crippen molar-refractivity contribution in [3.8, 4) is 6.07 Å². The van der Waals surface area contributed by atoms with E-state index in [9.17, 15) is 5.26 Å². The fourth-order valence-corrected chi connectivity index (χ4v) is 6.17. The Morgan fingerprint density at radius 3 is 2.81 bits per heavy atom. The summed E-state index contributed by atoms with van der Waals surface area (Å²) in [6.45, 7) is 7.07. The number of imidazole rings is 1. The summed E-state index contributed by atoms with van der Waals surface area (Å²) in [5, 5.41) is 15.3. The minimum absolute atomic E-state index is 0.244. The van der Waals surface area contributed by atoms with Gasteiger partial charge in [0.25, 0.3) is 0 Å². The highest BCUT2D eigenvalue weighted by molar-refractivity contribution is 6.35. The number of aromatic nitrogens is 6. The third-order valence-corrected chi connectivity index (χ3v) is 8.23. The molecular weight excluding hydrogens is 509 g/mol. The molecule has 0 amide bonds. The molecule has 37 heavy (non-hydrogen) atoms. The number of benzene rings is 1. The van der Waals surface area contributed by atoms with Gasteiger partial charge in [-0.15, -0.1) is 0 Å². The monoisotopic (exact) mass is 535 g/mol. The molecule has 1 N–H and O–H groups in total. The Bertz CT molecular complexity index is 1450. The van der Waals surface area contributed by atoms with Crippen LogP contribution in [0.25, 0.3) is 11.2 Å². The minimum Gasteiger partial charge on any atom is -0.355 e. The molecule has 3 aromatic heterocycles. The Labute approximate surface area is 225 Å². The first-order valence-corrected chi connectivity index (χ1v) is 13.3. The van der Waals surface area contributed by atoms with Crippen LogP contribution in [0.15, 0.2) is 36.9 Å². The Kier molecular flexibility index (Phi) is 6.49. The molecule has 2 aliphatic rings. The molecule has 0 spiro atoms. The van der Waals surface area contributed by atoms with Crippen LogP contribution in [0.2, 0.25) is 10.0 Å². The van der Waals surface area contributed by atoms with Crippen LogP contribution < -0.4 is 4.90 Å². The number of aromatic amines is 1. The number of fused-ring (bicyclic) bond motifs is 1. The number of hydrogen-bond acceptors (Lipinski definition) is 7. The van der Waals surface area contributed by atoms with Gasteiger partial charge in [-0.05, 0) is 55.8 Å². The maximum atomic E-state index is 9.65. The second-order valence-corrected chi connectivity index (χ2v) is 10.9. The van der Waals surface area contributed by atoms with E-state index in [2.05, 4.69) is 35.9 Å². The predicted molar refractivity (Wildman–Crippen MR) is 143 cm³/mol. The molecule has 0 bridgehead atoms. The van der Waals surface area contributed by atoms with Gasteiger partial charge in [0.05, 0.1) is 18.6 Å². The first-order valence-electron chi connectivity index (χ1n) is 12.5. The van der Waals surface area contributed by atoms with Crippen molar-refractivity contribution in [2.45, 2.75) is 32.4 Å². The van der Waals surface area contributed by atoms with Gasteiger partial charge < -0.3 is 9.88 Å². The first-order chi connectivity index (χ1) is 18.0. The second kappa shape index (κ2) is 9.93. The molecule has 0 saturated carbocycles. The van der Waals surface area contributed by atoms with Crippen LogP contribution in [-0.4, -0.2) is 60.8 Å². The normalized spacial score (nSPS) is 19.6. The fraction of sp³-hybridized carbons (Fsp3) is 0.423. The largest absolute Gasteiger partial charge is 0.355 e. The number of nitrogens with one attached hydrogen (secondary N) is 1. The van der Waals surface area contributed by atoms with E-state index in [1.165, 1.54) is 18.5 Å². The molecule has 1 aromatic carbocycles. The van der Waals surface area contributed by atoms with Crippen LogP contribution in [0.1, 0.15) is 42.8 Å². The van der Waals surface area contributed by atoms with Crippen LogP contribution in [-0.2, 0) is 6.54 Å². The summed E-state index contributed by atoms with van der Waals surface area (Å²) in [5.41, 5.74) is 3.36. The molecule has 2 saturated heterocycles. The lowest BCUT2D eigenvalue weighted by atomic mass is 9.80. The van der Waals surface area contributed by atoms with Crippen molar-refractivity contribution < 1.29 is 0 Å². The van der Waals surface area contributed by atoms with E-state index in [4.69, 9.17) is 28.2 Å². The van der Waals surface area contributed by atoms with E-state index in [0.717, 1.165) is 44.1 Å². The second-order valence-electron chi connectivity index (χ2n) is 10.0. The molecule has 9 nitrogen and oxygen atoms in total. The van der Waals surface area contributed by atoms with Gasteiger partial charge in [0.2, 0.25) is 0 Å². The molecule has 11 heteroatoms. The molecule has 1 unspecified atom stereocenters. The lowest BCUT2D eigenvalue weighted by Gasteiger charge is -2.47. The van der Waals surface area contributed by atoms with Crippen molar-refractivity contribution in [2.75, 3.05) is 31.1 Å². The van der Waals surface area contributed by atoms with Crippen LogP contribution in [0.4, 0.5) is 5.82 Å². The number of piperidine rings is 1. The van der Waals surface area contributed by atoms with Crippen molar-refractivity contribution in [3.05, 3.63) is 63.9 Å². The number of rotatable bonds is 6. The summed E-state index contributed by atoms with van der Waals surface area (Å²) in [4.78, 5) is 21.7. The van der Waals surface area contributed by atoms with Gasteiger partial charge in [-0.2, -0.15) is 10.4 Å². The van der Waals surface area contributed by atoms with E-state index in [0.29, 0.717) is 33.0 Å². The quantitative estimate of drug-likeness (QED) is 0.382. The number of hydrogen-bond donors (Lipinski definition) is 1. The summed E-state index contributed by atoms with van der Waals surface area (Å²) in [6.07, 6.45) is 7.90. The van der Waals surface area contributed by atoms with Crippen LogP contribution >= 0.6 is 23.2 Å². The zero-order valence-electron chi connectivity index (χ0n) is 20.5. The molecule has 0 aliphatic carbocycles. The van der Waals surface area contributed by atoms with Gasteiger partial charge in [-0.1, -0.05) is 29.3 Å². The standard InChI is InChI=1S/C26H27Cl2N9/c1-16(21-5-4-19(27)7-22(21)28)37-26-25(23(8-29)34-37)31-10-24(33-26)36-12-18(13-36)17-3-2-6-35(11-17)14-20-9-30-15-32-20/h4-5,7,9-10,15-18H,2-3,6,11-14H2,1H3,(H,30,32)/t16?,17-/m1/s1. The molecule has 2 fully saturated rings. The van der Waals surface area contributed by atoms with Crippen molar-refractivity contribution in [3.63, 3.8) is 0 Å². The number of likely N-dealkylation sites (tertiary alicyclic amines) is 1. The van der Waals surface area contributed by atoms with Crippen LogP contribution in [0.5, 0.6) is 0 Å². The highest BCUT2D eigenvalue weighted by Crippen LogP contribution is 2.35. The van der Waals surface area contributed by atoms with Crippen molar-refractivity contribution in [1.29, 1.82) is 5.26 Å². The third-order valence-electron chi connectivity index (χ3n) is 7.67. The summed E-state index contributed by atoms with van der Waals surface area (Å²) in [7, 11) is 0. The molecule has 4 aromatic rings. The van der Waals surface area contributed by atoms with Crippen LogP contribution in [0.3, 0.4) is 0 Å². The predicted octanol–water partition coefficient (Wildman–Crippen LogP) is 4.69. The molecule has 5 heterocycles. The summed E-state index contributed by atoms with van der Waals surface area (Å²) >= 11 is 12.6. The summed E-state index contributed by atoms with van der Waals surface area (Å²) < 4.78 is 1.74. The third kappa shape index (κ3) is 4.65. The number of nitrogens with zero attached hydrogens (tertiary/aromatic N) is 8. The van der Waals surface area contributed by atoms with Crippen molar-refractivity contribution >= 4 is 40.2 Å². The Morgan fingerprint density at radius 1 is 1.19 bits per heavy atom. The summed E-state index contributed by atoms with van der Waals surface area (Å²) in [5.74, 6) is 2.12. The number of H-pyrrole nitrogens is 1. The SMILES string of the molecule is CC(c1ccc(Cl)cc1Cl)n1nc(C#N)c2ncc(N3CC([C@@H]4CCCN(Cc5cnc[nH]5)C4)C3)nc21. The maximum Gasteiger partial charge on any atom is 0.190 e. The number of nitriles is 1. The highest BCUT2D eigenvalue weighted by atomic mass is 35.5. The van der Waals surface area contributed by atoms with E-state index in [1.807, 2.05) is 19.2 Å². The Morgan fingerprint density at radius 2 is 2.05 bits per heavy atom. The minimum atomic E-state index is -0.244. The van der Waals surface area contributed by atoms with Crippen molar-refractivity contribution in [2.24, 2.45) is 11.8 Å². The van der Waals surface area contributed by atoms with Gasteiger partial charge in [-0.3, -0.25) is 4.90 Å². The van der Waals surface area contributed by atoms with Gasteiger partial charge in [0.1, 0.15) is 17.4 Å². The molecule has 6 rings (SSSR count). The molecule has 2 aliphatic heterocycles. The van der Waals surface area contributed by atoms with Crippen LogP contribution in [0, 0.1) is 23.2 Å². The molecule has 2 atom stereocenters. The fourth-order valence-electron chi connectivity index (χ4n) is 5.60. The topological polar surface area (TPSA) is 103 Å². The first kappa shape index (κ1) is 24.2. The zero-order chi connectivity index (χ0) is 25.5. The Hall–Kier alpha value is -3.19. The molecular formula is C26H27Cl2N9. The van der Waals surface area contributed by atoms with Crippen molar-refractivity contribution in [1.82, 2.24) is 34.6 Å². The van der Waals surface area contributed by atoms with E-state index >= 15 is 0 Å². The number of halogens is 2. The lowest BCUT2D eigenvalue weighted by Crippen LogP contribution is -2.53. The molecule has 0 radical (unpaired) electrons. The average Bonchev–Trinajstić information content (AvgIpc) is 3.50. The maximum absolute atomic E-state index is 9.65. The smallest absolute Gasteiger partial charge is 0.190 e.